The molecule has 1 amide bonds. The quantitative estimate of drug-likeness (QED) is 0.794. The van der Waals surface area contributed by atoms with Crippen molar-refractivity contribution in [3.63, 3.8) is 0 Å². The minimum Gasteiger partial charge on any atom is -0.393 e. The fraction of sp³-hybridized carbons (Fsp3) is 0.947. The van der Waals surface area contributed by atoms with Crippen molar-refractivity contribution in [3.05, 3.63) is 0 Å². The number of carbonyl (C=O) groups excluding carboxylic acids is 1. The summed E-state index contributed by atoms with van der Waals surface area (Å²) in [5.74, 6) is 1.44. The molecule has 0 aromatic rings. The summed E-state index contributed by atoms with van der Waals surface area (Å²) in [5.41, 5.74) is 0. The standard InChI is InChI=1S/C19H33NO3S/c21-16-8-10-17(11-9-16)23-14-19(22)20(13-18-7-4-12-24-18)15-5-2-1-3-6-15/h15-18,21H,1-14H2. The maximum atomic E-state index is 12.9. The van der Waals surface area contributed by atoms with E-state index < -0.39 is 0 Å². The molecule has 1 aliphatic heterocycles. The molecular weight excluding hydrogens is 322 g/mol. The molecule has 4 nitrogen and oxygen atoms in total. The number of hydrogen-bond donors (Lipinski definition) is 1. The molecule has 0 bridgehead atoms. The van der Waals surface area contributed by atoms with E-state index >= 15 is 0 Å². The smallest absolute Gasteiger partial charge is 0.248 e. The lowest BCUT2D eigenvalue weighted by molar-refractivity contribution is -0.142. The van der Waals surface area contributed by atoms with E-state index in [0.717, 1.165) is 32.2 Å². The molecule has 0 radical (unpaired) electrons. The molecule has 1 atom stereocenters. The highest BCUT2D eigenvalue weighted by Crippen LogP contribution is 2.30. The third-order valence-electron chi connectivity index (χ3n) is 5.85. The Morgan fingerprint density at radius 3 is 2.42 bits per heavy atom. The molecule has 1 unspecified atom stereocenters. The summed E-state index contributed by atoms with van der Waals surface area (Å²) in [4.78, 5) is 15.0. The first-order chi connectivity index (χ1) is 11.7. The molecule has 3 rings (SSSR count). The van der Waals surface area contributed by atoms with Gasteiger partial charge in [0.25, 0.3) is 0 Å². The summed E-state index contributed by atoms with van der Waals surface area (Å²) in [6, 6.07) is 0.434. The van der Waals surface area contributed by atoms with Gasteiger partial charge in [0.15, 0.2) is 0 Å². The van der Waals surface area contributed by atoms with Crippen LogP contribution in [0.3, 0.4) is 0 Å². The second-order valence-corrected chi connectivity index (χ2v) is 9.12. The third-order valence-corrected chi connectivity index (χ3v) is 7.23. The average Bonchev–Trinajstić information content (AvgIpc) is 3.13. The van der Waals surface area contributed by atoms with Crippen molar-refractivity contribution in [2.75, 3.05) is 18.9 Å². The minimum atomic E-state index is -0.168. The highest BCUT2D eigenvalue weighted by Gasteiger charge is 2.30. The molecule has 2 saturated carbocycles. The van der Waals surface area contributed by atoms with Crippen LogP contribution in [-0.4, -0.2) is 58.3 Å². The molecule has 1 saturated heterocycles. The van der Waals surface area contributed by atoms with Crippen LogP contribution in [-0.2, 0) is 9.53 Å². The molecule has 1 heterocycles. The van der Waals surface area contributed by atoms with Gasteiger partial charge in [-0.25, -0.2) is 0 Å². The van der Waals surface area contributed by atoms with E-state index in [9.17, 15) is 9.90 Å². The summed E-state index contributed by atoms with van der Waals surface area (Å²) < 4.78 is 5.92. The van der Waals surface area contributed by atoms with Crippen molar-refractivity contribution in [1.82, 2.24) is 4.90 Å². The van der Waals surface area contributed by atoms with Crippen LogP contribution in [0.2, 0.25) is 0 Å². The van der Waals surface area contributed by atoms with Gasteiger partial charge >= 0.3 is 0 Å². The summed E-state index contributed by atoms with van der Waals surface area (Å²) >= 11 is 2.04. The Balaban J connectivity index is 1.51. The second-order valence-electron chi connectivity index (χ2n) is 7.71. The Labute approximate surface area is 150 Å². The van der Waals surface area contributed by atoms with Crippen LogP contribution in [0, 0.1) is 0 Å². The zero-order valence-electron chi connectivity index (χ0n) is 14.8. The highest BCUT2D eigenvalue weighted by molar-refractivity contribution is 8.00. The van der Waals surface area contributed by atoms with Crippen LogP contribution in [0.1, 0.15) is 70.6 Å². The lowest BCUT2D eigenvalue weighted by Gasteiger charge is -2.36. The second kappa shape index (κ2) is 9.44. The van der Waals surface area contributed by atoms with E-state index in [0.29, 0.717) is 11.3 Å². The number of carbonyl (C=O) groups is 1. The van der Waals surface area contributed by atoms with Crippen LogP contribution in [0.4, 0.5) is 0 Å². The molecule has 0 aromatic heterocycles. The summed E-state index contributed by atoms with van der Waals surface area (Å²) in [6.07, 6.45) is 12.1. The number of thioether (sulfide) groups is 1. The summed E-state index contributed by atoms with van der Waals surface area (Å²) in [5, 5.41) is 10.2. The van der Waals surface area contributed by atoms with E-state index in [2.05, 4.69) is 4.90 Å². The van der Waals surface area contributed by atoms with Crippen molar-refractivity contribution >= 4 is 17.7 Å². The molecule has 2 aliphatic carbocycles. The van der Waals surface area contributed by atoms with Gasteiger partial charge in [-0.2, -0.15) is 11.8 Å². The normalized spacial score (nSPS) is 32.0. The fourth-order valence-electron chi connectivity index (χ4n) is 4.34. The van der Waals surface area contributed by atoms with Crippen molar-refractivity contribution < 1.29 is 14.6 Å². The van der Waals surface area contributed by atoms with Crippen molar-refractivity contribution in [2.45, 2.75) is 94.1 Å². The molecule has 0 aromatic carbocycles. The SMILES string of the molecule is O=C(COC1CCC(O)CC1)N(CC1CCCS1)C1CCCCC1. The van der Waals surface area contributed by atoms with E-state index in [4.69, 9.17) is 4.74 Å². The van der Waals surface area contributed by atoms with Crippen LogP contribution >= 0.6 is 11.8 Å². The minimum absolute atomic E-state index is 0.159. The van der Waals surface area contributed by atoms with Crippen LogP contribution in [0.25, 0.3) is 0 Å². The molecule has 3 fully saturated rings. The van der Waals surface area contributed by atoms with E-state index in [1.165, 1.54) is 50.7 Å². The van der Waals surface area contributed by atoms with Crippen molar-refractivity contribution in [2.24, 2.45) is 0 Å². The predicted molar refractivity (Wildman–Crippen MR) is 98.3 cm³/mol. The van der Waals surface area contributed by atoms with E-state index in [1.807, 2.05) is 11.8 Å². The number of hydrogen-bond acceptors (Lipinski definition) is 4. The Hall–Kier alpha value is -0.260. The van der Waals surface area contributed by atoms with Gasteiger partial charge in [0.05, 0.1) is 12.2 Å². The van der Waals surface area contributed by atoms with Gasteiger partial charge in [-0.05, 0) is 57.1 Å². The molecular formula is C19H33NO3S. The highest BCUT2D eigenvalue weighted by atomic mass is 32.2. The predicted octanol–water partition coefficient (Wildman–Crippen LogP) is 3.36. The Bertz CT molecular complexity index is 386. The van der Waals surface area contributed by atoms with Gasteiger partial charge in [-0.1, -0.05) is 19.3 Å². The van der Waals surface area contributed by atoms with Gasteiger partial charge in [-0.3, -0.25) is 4.79 Å². The number of amides is 1. The number of aliphatic hydroxyl groups excluding tert-OH is 1. The summed E-state index contributed by atoms with van der Waals surface area (Å²) in [7, 11) is 0. The monoisotopic (exact) mass is 355 g/mol. The average molecular weight is 356 g/mol. The number of aliphatic hydroxyl groups is 1. The van der Waals surface area contributed by atoms with Gasteiger partial charge in [0.1, 0.15) is 6.61 Å². The van der Waals surface area contributed by atoms with E-state index in [-0.39, 0.29) is 24.7 Å². The van der Waals surface area contributed by atoms with Crippen LogP contribution in [0.15, 0.2) is 0 Å². The van der Waals surface area contributed by atoms with Gasteiger partial charge in [0.2, 0.25) is 5.91 Å². The van der Waals surface area contributed by atoms with Crippen LogP contribution in [0.5, 0.6) is 0 Å². The number of nitrogens with zero attached hydrogens (tertiary/aromatic N) is 1. The first-order valence-electron chi connectivity index (χ1n) is 9.93. The first kappa shape index (κ1) is 18.5. The molecule has 1 N–H and O–H groups in total. The lowest BCUT2D eigenvalue weighted by Crippen LogP contribution is -2.46. The van der Waals surface area contributed by atoms with Gasteiger partial charge in [-0.15, -0.1) is 0 Å². The van der Waals surface area contributed by atoms with Crippen molar-refractivity contribution in [1.29, 1.82) is 0 Å². The first-order valence-corrected chi connectivity index (χ1v) is 11.0. The lowest BCUT2D eigenvalue weighted by atomic mass is 9.93. The van der Waals surface area contributed by atoms with Crippen molar-refractivity contribution in [3.8, 4) is 0 Å². The molecule has 24 heavy (non-hydrogen) atoms. The molecule has 5 heteroatoms. The molecule has 0 spiro atoms. The summed E-state index contributed by atoms with van der Waals surface area (Å²) in [6.45, 7) is 1.15. The zero-order valence-corrected chi connectivity index (χ0v) is 15.6. The van der Waals surface area contributed by atoms with E-state index in [1.54, 1.807) is 0 Å². The molecule has 138 valence electrons. The van der Waals surface area contributed by atoms with Gasteiger partial charge in [0, 0.05) is 17.8 Å². The molecule has 3 aliphatic rings. The Kier molecular flexibility index (Phi) is 7.29. The third kappa shape index (κ3) is 5.37. The van der Waals surface area contributed by atoms with Crippen LogP contribution < -0.4 is 0 Å². The fourth-order valence-corrected chi connectivity index (χ4v) is 5.60. The largest absolute Gasteiger partial charge is 0.393 e. The Morgan fingerprint density at radius 1 is 1.00 bits per heavy atom. The van der Waals surface area contributed by atoms with Gasteiger partial charge < -0.3 is 14.7 Å². The number of rotatable bonds is 6. The Morgan fingerprint density at radius 2 is 1.75 bits per heavy atom. The maximum Gasteiger partial charge on any atom is 0.248 e. The maximum absolute atomic E-state index is 12.9. The number of ether oxygens (including phenoxy) is 1. The zero-order chi connectivity index (χ0) is 16.8. The topological polar surface area (TPSA) is 49.8 Å².